The largest absolute Gasteiger partial charge is 0.376 e. The first kappa shape index (κ1) is 18.6. The molecular weight excluding hydrogens is 327 g/mol. The van der Waals surface area contributed by atoms with Crippen LogP contribution in [-0.4, -0.2) is 19.4 Å². The van der Waals surface area contributed by atoms with Crippen LogP contribution in [0.25, 0.3) is 0 Å². The van der Waals surface area contributed by atoms with Gasteiger partial charge < -0.3 is 10.2 Å². The summed E-state index contributed by atoms with van der Waals surface area (Å²) in [6.07, 6.45) is 6.63. The van der Waals surface area contributed by atoms with E-state index in [1.807, 2.05) is 6.07 Å². The molecule has 0 heterocycles. The van der Waals surface area contributed by atoms with Gasteiger partial charge in [-0.2, -0.15) is 5.10 Å². The Morgan fingerprint density at radius 3 is 2.38 bits per heavy atom. The van der Waals surface area contributed by atoms with E-state index in [-0.39, 0.29) is 5.82 Å². The van der Waals surface area contributed by atoms with Gasteiger partial charge in [-0.05, 0) is 60.8 Å². The first-order valence-electron chi connectivity index (χ1n) is 9.43. The third kappa shape index (κ3) is 6.26. The van der Waals surface area contributed by atoms with E-state index in [1.165, 1.54) is 43.4 Å². The van der Waals surface area contributed by atoms with Crippen molar-refractivity contribution in [2.24, 2.45) is 16.9 Å². The maximum atomic E-state index is 12.8. The highest BCUT2D eigenvalue weighted by Gasteiger charge is 2.21. The van der Waals surface area contributed by atoms with Gasteiger partial charge in [-0.1, -0.05) is 42.5 Å². The van der Waals surface area contributed by atoms with Crippen LogP contribution < -0.4 is 5.43 Å². The van der Waals surface area contributed by atoms with Gasteiger partial charge in [-0.3, -0.25) is 0 Å². The zero-order chi connectivity index (χ0) is 18.0. The average Bonchev–Trinajstić information content (AvgIpc) is 2.69. The molecule has 138 valence electrons. The van der Waals surface area contributed by atoms with Crippen LogP contribution in [0.5, 0.6) is 0 Å². The Bertz CT molecular complexity index is 664. The third-order valence-corrected chi connectivity index (χ3v) is 4.99. The second-order valence-corrected chi connectivity index (χ2v) is 7.06. The van der Waals surface area contributed by atoms with E-state index >= 15 is 0 Å². The second-order valence-electron chi connectivity index (χ2n) is 7.06. The summed E-state index contributed by atoms with van der Waals surface area (Å²) in [6, 6.07) is 16.7. The van der Waals surface area contributed by atoms with Gasteiger partial charge in [0.05, 0.1) is 12.8 Å². The lowest BCUT2D eigenvalue weighted by Crippen LogP contribution is -2.25. The van der Waals surface area contributed by atoms with Crippen molar-refractivity contribution < 1.29 is 9.13 Å². The standard InChI is InChI=1S/C22H27FN2O/c23-22-12-10-19(11-13-22)15-25-24-14-18-6-8-21(9-7-18)17-26-16-20-4-2-1-3-5-20/h1-5,10-13,15,18,21,24H,6-9,14,16-17H2/b25-15+. The number of halogens is 1. The van der Waals surface area contributed by atoms with Gasteiger partial charge in [0.1, 0.15) is 5.82 Å². The number of hydrogen-bond donors (Lipinski definition) is 1. The minimum Gasteiger partial charge on any atom is -0.376 e. The molecular formula is C22H27FN2O. The first-order valence-corrected chi connectivity index (χ1v) is 9.43. The molecule has 2 aromatic carbocycles. The fraction of sp³-hybridized carbons (Fsp3) is 0.409. The minimum atomic E-state index is -0.223. The highest BCUT2D eigenvalue weighted by Crippen LogP contribution is 2.28. The fourth-order valence-electron chi connectivity index (χ4n) is 3.37. The molecule has 1 fully saturated rings. The Kier molecular flexibility index (Phi) is 7.20. The molecule has 0 amide bonds. The van der Waals surface area contributed by atoms with E-state index in [9.17, 15) is 4.39 Å². The van der Waals surface area contributed by atoms with Gasteiger partial charge in [0.25, 0.3) is 0 Å². The molecule has 1 aliphatic carbocycles. The molecule has 3 nitrogen and oxygen atoms in total. The molecule has 0 spiro atoms. The summed E-state index contributed by atoms with van der Waals surface area (Å²) in [6.45, 7) is 2.47. The summed E-state index contributed by atoms with van der Waals surface area (Å²) in [7, 11) is 0. The lowest BCUT2D eigenvalue weighted by atomic mass is 9.82. The van der Waals surface area contributed by atoms with Crippen molar-refractivity contribution >= 4 is 6.21 Å². The van der Waals surface area contributed by atoms with Gasteiger partial charge in [0.15, 0.2) is 0 Å². The molecule has 0 radical (unpaired) electrons. The van der Waals surface area contributed by atoms with Crippen molar-refractivity contribution in [3.8, 4) is 0 Å². The molecule has 2 aromatic rings. The molecule has 4 heteroatoms. The monoisotopic (exact) mass is 354 g/mol. The van der Waals surface area contributed by atoms with Crippen LogP contribution in [0.3, 0.4) is 0 Å². The highest BCUT2D eigenvalue weighted by atomic mass is 19.1. The van der Waals surface area contributed by atoms with Crippen LogP contribution in [0.15, 0.2) is 59.7 Å². The fourth-order valence-corrected chi connectivity index (χ4v) is 3.37. The molecule has 26 heavy (non-hydrogen) atoms. The van der Waals surface area contributed by atoms with Crippen molar-refractivity contribution in [1.82, 2.24) is 5.43 Å². The molecule has 0 unspecified atom stereocenters. The molecule has 0 aromatic heterocycles. The number of ether oxygens (including phenoxy) is 1. The lowest BCUT2D eigenvalue weighted by Gasteiger charge is -2.28. The van der Waals surface area contributed by atoms with Crippen molar-refractivity contribution in [2.75, 3.05) is 13.2 Å². The zero-order valence-electron chi connectivity index (χ0n) is 15.1. The van der Waals surface area contributed by atoms with Gasteiger partial charge in [-0.25, -0.2) is 4.39 Å². The molecule has 0 aliphatic heterocycles. The third-order valence-electron chi connectivity index (χ3n) is 4.99. The van der Waals surface area contributed by atoms with Gasteiger partial charge in [0.2, 0.25) is 0 Å². The number of nitrogens with zero attached hydrogens (tertiary/aromatic N) is 1. The molecule has 0 saturated heterocycles. The lowest BCUT2D eigenvalue weighted by molar-refractivity contribution is 0.0671. The van der Waals surface area contributed by atoms with Crippen LogP contribution in [0.2, 0.25) is 0 Å². The smallest absolute Gasteiger partial charge is 0.123 e. The predicted octanol–water partition coefficient (Wildman–Crippen LogP) is 4.77. The number of rotatable bonds is 8. The molecule has 1 saturated carbocycles. The number of nitrogens with one attached hydrogen (secondary N) is 1. The van der Waals surface area contributed by atoms with E-state index in [0.717, 1.165) is 18.7 Å². The predicted molar refractivity (Wildman–Crippen MR) is 104 cm³/mol. The van der Waals surface area contributed by atoms with Crippen LogP contribution in [0, 0.1) is 17.7 Å². The molecule has 1 N–H and O–H groups in total. The summed E-state index contributed by atoms with van der Waals surface area (Å²) in [4.78, 5) is 0. The second kappa shape index (κ2) is 10.1. The van der Waals surface area contributed by atoms with Crippen LogP contribution >= 0.6 is 0 Å². The SMILES string of the molecule is Fc1ccc(/C=N/NCC2CCC(COCc3ccccc3)CC2)cc1. The number of hydrogen-bond acceptors (Lipinski definition) is 3. The Labute approximate surface area is 155 Å². The first-order chi connectivity index (χ1) is 12.8. The van der Waals surface area contributed by atoms with Gasteiger partial charge >= 0.3 is 0 Å². The normalized spacial score (nSPS) is 20.3. The molecule has 1 aliphatic rings. The van der Waals surface area contributed by atoms with E-state index in [4.69, 9.17) is 4.74 Å². The van der Waals surface area contributed by atoms with Crippen LogP contribution in [0.1, 0.15) is 36.8 Å². The maximum Gasteiger partial charge on any atom is 0.123 e. The summed E-state index contributed by atoms with van der Waals surface area (Å²) < 4.78 is 18.7. The topological polar surface area (TPSA) is 33.6 Å². The quantitative estimate of drug-likeness (QED) is 0.547. The summed E-state index contributed by atoms with van der Waals surface area (Å²) >= 11 is 0. The molecule has 0 bridgehead atoms. The Morgan fingerprint density at radius 2 is 1.65 bits per heavy atom. The van der Waals surface area contributed by atoms with E-state index < -0.39 is 0 Å². The van der Waals surface area contributed by atoms with Crippen molar-refractivity contribution in [3.05, 3.63) is 71.5 Å². The molecule has 3 rings (SSSR count). The summed E-state index contributed by atoms with van der Waals surface area (Å²) in [5.74, 6) is 1.13. The van der Waals surface area contributed by atoms with E-state index in [2.05, 4.69) is 34.8 Å². The van der Waals surface area contributed by atoms with Crippen LogP contribution in [-0.2, 0) is 11.3 Å². The zero-order valence-corrected chi connectivity index (χ0v) is 15.1. The van der Waals surface area contributed by atoms with Gasteiger partial charge in [-0.15, -0.1) is 0 Å². The van der Waals surface area contributed by atoms with Crippen molar-refractivity contribution in [3.63, 3.8) is 0 Å². The average molecular weight is 354 g/mol. The molecule has 0 atom stereocenters. The maximum absolute atomic E-state index is 12.8. The minimum absolute atomic E-state index is 0.223. The number of benzene rings is 2. The number of hydrazone groups is 1. The van der Waals surface area contributed by atoms with Crippen molar-refractivity contribution in [1.29, 1.82) is 0 Å². The Balaban J connectivity index is 1.28. The summed E-state index contributed by atoms with van der Waals surface area (Å²) in [5, 5.41) is 4.25. The van der Waals surface area contributed by atoms with E-state index in [1.54, 1.807) is 18.3 Å². The Hall–Kier alpha value is -2.20. The summed E-state index contributed by atoms with van der Waals surface area (Å²) in [5.41, 5.74) is 5.28. The van der Waals surface area contributed by atoms with Gasteiger partial charge in [0, 0.05) is 13.2 Å². The highest BCUT2D eigenvalue weighted by molar-refractivity contribution is 5.79. The Morgan fingerprint density at radius 1 is 0.962 bits per heavy atom. The van der Waals surface area contributed by atoms with E-state index in [0.29, 0.717) is 18.4 Å². The van der Waals surface area contributed by atoms with Crippen LogP contribution in [0.4, 0.5) is 4.39 Å². The van der Waals surface area contributed by atoms with Crippen molar-refractivity contribution in [2.45, 2.75) is 32.3 Å².